The molecular weight excluding hydrogens is 295 g/mol. The molecule has 3 rings (SSSR count). The van der Waals surface area contributed by atoms with E-state index in [0.29, 0.717) is 5.92 Å². The van der Waals surface area contributed by atoms with Gasteiger partial charge in [0.1, 0.15) is 5.82 Å². The quantitative estimate of drug-likeness (QED) is 0.547. The second kappa shape index (κ2) is 8.02. The van der Waals surface area contributed by atoms with Crippen LogP contribution in [-0.4, -0.2) is 0 Å². The Morgan fingerprint density at radius 3 is 1.67 bits per heavy atom. The second-order valence-electron chi connectivity index (χ2n) is 8.94. The molecule has 0 heterocycles. The summed E-state index contributed by atoms with van der Waals surface area (Å²) in [4.78, 5) is 0. The van der Waals surface area contributed by atoms with Crippen molar-refractivity contribution >= 4 is 0 Å². The molecule has 2 saturated carbocycles. The lowest BCUT2D eigenvalue weighted by Gasteiger charge is -2.40. The highest BCUT2D eigenvalue weighted by atomic mass is 19.1. The molecule has 0 radical (unpaired) electrons. The molecule has 0 N–H and O–H groups in total. The maximum absolute atomic E-state index is 13.1. The van der Waals surface area contributed by atoms with Crippen molar-refractivity contribution in [2.24, 2.45) is 29.6 Å². The highest BCUT2D eigenvalue weighted by Crippen LogP contribution is 2.45. The zero-order valence-corrected chi connectivity index (χ0v) is 15.8. The van der Waals surface area contributed by atoms with Crippen LogP contribution >= 0.6 is 0 Å². The van der Waals surface area contributed by atoms with Gasteiger partial charge in [-0.1, -0.05) is 32.9 Å². The third kappa shape index (κ3) is 4.21. The van der Waals surface area contributed by atoms with Gasteiger partial charge in [0.15, 0.2) is 0 Å². The largest absolute Gasteiger partial charge is 0.207 e. The van der Waals surface area contributed by atoms with Gasteiger partial charge in [-0.3, -0.25) is 0 Å². The van der Waals surface area contributed by atoms with Crippen molar-refractivity contribution in [3.63, 3.8) is 0 Å². The van der Waals surface area contributed by atoms with Crippen LogP contribution in [0.15, 0.2) is 24.3 Å². The second-order valence-corrected chi connectivity index (χ2v) is 8.94. The van der Waals surface area contributed by atoms with Gasteiger partial charge in [-0.25, -0.2) is 4.39 Å². The number of rotatable bonds is 4. The van der Waals surface area contributed by atoms with Crippen LogP contribution in [0, 0.1) is 35.4 Å². The third-order valence-corrected chi connectivity index (χ3v) is 7.36. The average Bonchev–Trinajstić information content (AvgIpc) is 2.62. The fraction of sp³-hybridized carbons (Fsp3) is 0.739. The fourth-order valence-corrected chi connectivity index (χ4v) is 5.44. The van der Waals surface area contributed by atoms with Crippen LogP contribution < -0.4 is 0 Å². The Bertz CT molecular complexity index is 487. The summed E-state index contributed by atoms with van der Waals surface area (Å²) in [6.45, 7) is 7.32. The molecule has 0 bridgehead atoms. The number of benzene rings is 1. The SMILES string of the molecule is CC(C)C1CCC(C(C)C2CCC(c3ccc(F)cc3)CC2)CC1. The van der Waals surface area contributed by atoms with Gasteiger partial charge in [0.05, 0.1) is 0 Å². The Balaban J connectivity index is 1.48. The summed E-state index contributed by atoms with van der Waals surface area (Å²) in [5.74, 6) is 5.17. The molecule has 0 saturated heterocycles. The van der Waals surface area contributed by atoms with Crippen molar-refractivity contribution < 1.29 is 4.39 Å². The van der Waals surface area contributed by atoms with Crippen LogP contribution in [0.25, 0.3) is 0 Å². The first-order chi connectivity index (χ1) is 11.5. The van der Waals surface area contributed by atoms with E-state index in [0.717, 1.165) is 29.6 Å². The van der Waals surface area contributed by atoms with Gasteiger partial charge in [-0.05, 0) is 105 Å². The molecule has 0 aliphatic heterocycles. The van der Waals surface area contributed by atoms with Crippen molar-refractivity contribution in [1.82, 2.24) is 0 Å². The summed E-state index contributed by atoms with van der Waals surface area (Å²) in [5.41, 5.74) is 1.35. The van der Waals surface area contributed by atoms with Crippen LogP contribution in [0.4, 0.5) is 4.39 Å². The zero-order valence-electron chi connectivity index (χ0n) is 15.8. The highest BCUT2D eigenvalue weighted by Gasteiger charge is 2.33. The summed E-state index contributed by atoms with van der Waals surface area (Å²) in [5, 5.41) is 0. The van der Waals surface area contributed by atoms with E-state index in [2.05, 4.69) is 20.8 Å². The molecule has 134 valence electrons. The van der Waals surface area contributed by atoms with E-state index in [1.54, 1.807) is 12.1 Å². The first-order valence-corrected chi connectivity index (χ1v) is 10.3. The van der Waals surface area contributed by atoms with E-state index in [1.165, 1.54) is 56.9 Å². The van der Waals surface area contributed by atoms with E-state index >= 15 is 0 Å². The minimum absolute atomic E-state index is 0.113. The Morgan fingerprint density at radius 2 is 1.17 bits per heavy atom. The van der Waals surface area contributed by atoms with Crippen LogP contribution in [0.1, 0.15) is 83.6 Å². The molecule has 1 unspecified atom stereocenters. The molecule has 2 aliphatic carbocycles. The predicted molar refractivity (Wildman–Crippen MR) is 101 cm³/mol. The molecule has 1 atom stereocenters. The van der Waals surface area contributed by atoms with Crippen molar-refractivity contribution in [3.8, 4) is 0 Å². The topological polar surface area (TPSA) is 0 Å². The highest BCUT2D eigenvalue weighted by molar-refractivity contribution is 5.20. The lowest BCUT2D eigenvalue weighted by atomic mass is 9.66. The van der Waals surface area contributed by atoms with Gasteiger partial charge >= 0.3 is 0 Å². The van der Waals surface area contributed by atoms with Crippen LogP contribution in [0.5, 0.6) is 0 Å². The fourth-order valence-electron chi connectivity index (χ4n) is 5.44. The van der Waals surface area contributed by atoms with Crippen LogP contribution in [-0.2, 0) is 0 Å². The third-order valence-electron chi connectivity index (χ3n) is 7.36. The van der Waals surface area contributed by atoms with E-state index in [1.807, 2.05) is 12.1 Å². The lowest BCUT2D eigenvalue weighted by molar-refractivity contribution is 0.122. The van der Waals surface area contributed by atoms with Gasteiger partial charge in [0.25, 0.3) is 0 Å². The normalized spacial score (nSPS) is 32.7. The minimum Gasteiger partial charge on any atom is -0.207 e. The number of hydrogen-bond donors (Lipinski definition) is 0. The summed E-state index contributed by atoms with van der Waals surface area (Å²) in [6, 6.07) is 7.24. The molecule has 2 aliphatic rings. The summed E-state index contributed by atoms with van der Waals surface area (Å²) < 4.78 is 13.1. The molecule has 0 spiro atoms. The first-order valence-electron chi connectivity index (χ1n) is 10.3. The van der Waals surface area contributed by atoms with E-state index in [9.17, 15) is 4.39 Å². The van der Waals surface area contributed by atoms with E-state index in [4.69, 9.17) is 0 Å². The summed E-state index contributed by atoms with van der Waals surface area (Å²) in [7, 11) is 0. The van der Waals surface area contributed by atoms with E-state index < -0.39 is 0 Å². The molecule has 24 heavy (non-hydrogen) atoms. The van der Waals surface area contributed by atoms with Gasteiger partial charge in [-0.2, -0.15) is 0 Å². The Morgan fingerprint density at radius 1 is 0.708 bits per heavy atom. The molecule has 2 fully saturated rings. The van der Waals surface area contributed by atoms with Crippen molar-refractivity contribution in [3.05, 3.63) is 35.6 Å². The lowest BCUT2D eigenvalue weighted by Crippen LogP contribution is -2.29. The Kier molecular flexibility index (Phi) is 6.00. The van der Waals surface area contributed by atoms with Crippen LogP contribution in [0.2, 0.25) is 0 Å². The minimum atomic E-state index is -0.113. The monoisotopic (exact) mass is 330 g/mol. The molecule has 0 aromatic heterocycles. The van der Waals surface area contributed by atoms with Crippen molar-refractivity contribution in [1.29, 1.82) is 0 Å². The Labute approximate surface area is 148 Å². The van der Waals surface area contributed by atoms with Gasteiger partial charge in [0, 0.05) is 0 Å². The molecular formula is C23H35F. The van der Waals surface area contributed by atoms with Crippen molar-refractivity contribution in [2.45, 2.75) is 78.1 Å². The van der Waals surface area contributed by atoms with Gasteiger partial charge < -0.3 is 0 Å². The smallest absolute Gasteiger partial charge is 0.123 e. The van der Waals surface area contributed by atoms with Crippen molar-refractivity contribution in [2.75, 3.05) is 0 Å². The molecule has 1 heteroatoms. The first kappa shape index (κ1) is 18.0. The van der Waals surface area contributed by atoms with Gasteiger partial charge in [-0.15, -0.1) is 0 Å². The molecule has 1 aromatic carbocycles. The number of hydrogen-bond acceptors (Lipinski definition) is 0. The van der Waals surface area contributed by atoms with Crippen LogP contribution in [0.3, 0.4) is 0 Å². The van der Waals surface area contributed by atoms with Gasteiger partial charge in [0.2, 0.25) is 0 Å². The molecule has 1 aromatic rings. The molecule has 0 amide bonds. The Hall–Kier alpha value is -0.850. The number of halogens is 1. The van der Waals surface area contributed by atoms with E-state index in [-0.39, 0.29) is 5.82 Å². The summed E-state index contributed by atoms with van der Waals surface area (Å²) in [6.07, 6.45) is 11.2. The standard InChI is InChI=1S/C23H35F/c1-16(2)18-4-6-19(7-5-18)17(3)20-8-10-21(11-9-20)22-12-14-23(24)15-13-22/h12-21H,4-11H2,1-3H3. The molecule has 0 nitrogen and oxygen atoms in total. The zero-order chi connectivity index (χ0) is 17.1. The maximum atomic E-state index is 13.1. The maximum Gasteiger partial charge on any atom is 0.123 e. The predicted octanol–water partition coefficient (Wildman–Crippen LogP) is 7.20. The summed E-state index contributed by atoms with van der Waals surface area (Å²) >= 11 is 0. The average molecular weight is 331 g/mol.